The third kappa shape index (κ3) is 3.43. The topological polar surface area (TPSA) is 74.4 Å². The largest absolute Gasteiger partial charge is 0.385 e. The van der Waals surface area contributed by atoms with Crippen molar-refractivity contribution in [1.29, 1.82) is 0 Å². The van der Waals surface area contributed by atoms with Crippen molar-refractivity contribution < 1.29 is 14.3 Å². The number of amides is 2. The Morgan fingerprint density at radius 1 is 1.42 bits per heavy atom. The molecule has 2 aromatic rings. The molecule has 2 N–H and O–H groups in total. The van der Waals surface area contributed by atoms with Crippen molar-refractivity contribution in [2.24, 2.45) is 0 Å². The summed E-state index contributed by atoms with van der Waals surface area (Å²) in [5, 5.41) is 4.00. The van der Waals surface area contributed by atoms with E-state index in [4.69, 9.17) is 4.74 Å². The van der Waals surface area contributed by atoms with Gasteiger partial charge in [0.2, 0.25) is 11.8 Å². The van der Waals surface area contributed by atoms with Crippen LogP contribution in [0.25, 0.3) is 10.9 Å². The van der Waals surface area contributed by atoms with E-state index in [1.165, 1.54) is 0 Å². The number of H-pyrrole nitrogens is 1. The number of nitrogens with one attached hydrogen (secondary N) is 2. The molecule has 1 atom stereocenters. The van der Waals surface area contributed by atoms with Crippen molar-refractivity contribution in [3.05, 3.63) is 36.0 Å². The van der Waals surface area contributed by atoms with Gasteiger partial charge in [0.15, 0.2) is 0 Å². The van der Waals surface area contributed by atoms with Crippen molar-refractivity contribution in [1.82, 2.24) is 15.2 Å². The second-order valence-corrected chi connectivity index (χ2v) is 6.07. The standard InChI is InChI=1S/C18H23N3O3/c1-24-10-4-9-19-18(23)16-7-8-17(22)21(16)12-13-11-20-15-6-3-2-5-14(13)15/h2-3,5-6,11,16,20H,4,7-10,12H2,1H3,(H,19,23)/t16-/m1/s1. The van der Waals surface area contributed by atoms with Gasteiger partial charge in [0.1, 0.15) is 6.04 Å². The van der Waals surface area contributed by atoms with Crippen LogP contribution >= 0.6 is 0 Å². The average Bonchev–Trinajstić information content (AvgIpc) is 3.17. The monoisotopic (exact) mass is 329 g/mol. The van der Waals surface area contributed by atoms with Gasteiger partial charge in [-0.3, -0.25) is 9.59 Å². The number of nitrogens with zero attached hydrogens (tertiary/aromatic N) is 1. The zero-order chi connectivity index (χ0) is 16.9. The molecule has 0 unspecified atom stereocenters. The Labute approximate surface area is 141 Å². The lowest BCUT2D eigenvalue weighted by atomic mass is 10.1. The molecule has 3 rings (SSSR count). The maximum atomic E-state index is 12.4. The second kappa shape index (κ2) is 7.49. The Morgan fingerprint density at radius 2 is 2.25 bits per heavy atom. The molecule has 128 valence electrons. The molecule has 0 aliphatic carbocycles. The quantitative estimate of drug-likeness (QED) is 0.761. The molecule has 1 aromatic heterocycles. The normalized spacial score (nSPS) is 17.6. The van der Waals surface area contributed by atoms with Crippen LogP contribution in [0.15, 0.2) is 30.5 Å². The predicted molar refractivity (Wildman–Crippen MR) is 91.4 cm³/mol. The minimum absolute atomic E-state index is 0.0392. The SMILES string of the molecule is COCCCNC(=O)[C@H]1CCC(=O)N1Cc1c[nH]c2ccccc12. The van der Waals surface area contributed by atoms with Gasteiger partial charge in [0, 0.05) is 50.3 Å². The molecule has 6 heteroatoms. The van der Waals surface area contributed by atoms with E-state index < -0.39 is 0 Å². The van der Waals surface area contributed by atoms with Crippen molar-refractivity contribution in [3.63, 3.8) is 0 Å². The van der Waals surface area contributed by atoms with Gasteiger partial charge < -0.3 is 19.9 Å². The van der Waals surface area contributed by atoms with Crippen LogP contribution in [0.4, 0.5) is 0 Å². The molecule has 24 heavy (non-hydrogen) atoms. The summed E-state index contributed by atoms with van der Waals surface area (Å²) in [5.41, 5.74) is 2.08. The second-order valence-electron chi connectivity index (χ2n) is 6.07. The van der Waals surface area contributed by atoms with Gasteiger partial charge in [-0.25, -0.2) is 0 Å². The molecule has 1 saturated heterocycles. The maximum absolute atomic E-state index is 12.4. The molecule has 2 amide bonds. The number of benzene rings is 1. The Bertz CT molecular complexity index is 725. The number of para-hydroxylation sites is 1. The molecule has 6 nitrogen and oxygen atoms in total. The number of methoxy groups -OCH3 is 1. The average molecular weight is 329 g/mol. The highest BCUT2D eigenvalue weighted by atomic mass is 16.5. The maximum Gasteiger partial charge on any atom is 0.242 e. The predicted octanol–water partition coefficient (Wildman–Crippen LogP) is 1.81. The molecule has 1 aliphatic rings. The fraction of sp³-hybridized carbons (Fsp3) is 0.444. The molecule has 1 aromatic carbocycles. The zero-order valence-electron chi connectivity index (χ0n) is 13.9. The van der Waals surface area contributed by atoms with E-state index in [-0.39, 0.29) is 17.9 Å². The molecule has 1 aliphatic heterocycles. The summed E-state index contributed by atoms with van der Waals surface area (Å²) in [6.45, 7) is 1.64. The number of aromatic nitrogens is 1. The number of hydrogen-bond acceptors (Lipinski definition) is 3. The van der Waals surface area contributed by atoms with Gasteiger partial charge >= 0.3 is 0 Å². The van der Waals surface area contributed by atoms with Gasteiger partial charge in [0.05, 0.1) is 0 Å². The van der Waals surface area contributed by atoms with Crippen LogP contribution in [0.3, 0.4) is 0 Å². The third-order valence-electron chi connectivity index (χ3n) is 4.47. The fourth-order valence-electron chi connectivity index (χ4n) is 3.20. The molecular formula is C18H23N3O3. The third-order valence-corrected chi connectivity index (χ3v) is 4.47. The number of carbonyl (C=O) groups excluding carboxylic acids is 2. The van der Waals surface area contributed by atoms with E-state index >= 15 is 0 Å². The lowest BCUT2D eigenvalue weighted by molar-refractivity contribution is -0.135. The number of fused-ring (bicyclic) bond motifs is 1. The summed E-state index contributed by atoms with van der Waals surface area (Å²) in [6.07, 6.45) is 3.70. The van der Waals surface area contributed by atoms with Crippen molar-refractivity contribution in [2.45, 2.75) is 31.8 Å². The van der Waals surface area contributed by atoms with Crippen LogP contribution in [0.1, 0.15) is 24.8 Å². The Balaban J connectivity index is 1.68. The minimum Gasteiger partial charge on any atom is -0.385 e. The van der Waals surface area contributed by atoms with Gasteiger partial charge in [-0.1, -0.05) is 18.2 Å². The number of rotatable bonds is 7. The first kappa shape index (κ1) is 16.5. The highest BCUT2D eigenvalue weighted by Gasteiger charge is 2.36. The first-order chi connectivity index (χ1) is 11.7. The van der Waals surface area contributed by atoms with Crippen molar-refractivity contribution in [3.8, 4) is 0 Å². The zero-order valence-corrected chi connectivity index (χ0v) is 13.9. The molecule has 0 radical (unpaired) electrons. The number of ether oxygens (including phenoxy) is 1. The summed E-state index contributed by atoms with van der Waals surface area (Å²) < 4.78 is 4.98. The molecule has 2 heterocycles. The lowest BCUT2D eigenvalue weighted by Gasteiger charge is -2.24. The summed E-state index contributed by atoms with van der Waals surface area (Å²) in [5.74, 6) is -0.0332. The lowest BCUT2D eigenvalue weighted by Crippen LogP contribution is -2.44. The minimum atomic E-state index is -0.381. The van der Waals surface area contributed by atoms with E-state index in [2.05, 4.69) is 10.3 Å². The molecular weight excluding hydrogens is 306 g/mol. The first-order valence-corrected chi connectivity index (χ1v) is 8.32. The smallest absolute Gasteiger partial charge is 0.242 e. The van der Waals surface area contributed by atoms with Gasteiger partial charge in [-0.05, 0) is 24.5 Å². The molecule has 0 spiro atoms. The van der Waals surface area contributed by atoms with Gasteiger partial charge in [-0.2, -0.15) is 0 Å². The number of carbonyl (C=O) groups is 2. The van der Waals surface area contributed by atoms with Crippen LogP contribution in [0.2, 0.25) is 0 Å². The Morgan fingerprint density at radius 3 is 3.08 bits per heavy atom. The first-order valence-electron chi connectivity index (χ1n) is 8.32. The van der Waals surface area contributed by atoms with Crippen LogP contribution in [-0.2, 0) is 20.9 Å². The van der Waals surface area contributed by atoms with Crippen molar-refractivity contribution >= 4 is 22.7 Å². The molecule has 0 bridgehead atoms. The number of aromatic amines is 1. The summed E-state index contributed by atoms with van der Waals surface area (Å²) in [6, 6.07) is 7.60. The Kier molecular flexibility index (Phi) is 5.15. The number of hydrogen-bond donors (Lipinski definition) is 2. The van der Waals surface area contributed by atoms with E-state index in [0.29, 0.717) is 32.5 Å². The summed E-state index contributed by atoms with van der Waals surface area (Å²) in [4.78, 5) is 29.6. The van der Waals surface area contributed by atoms with Crippen LogP contribution in [0.5, 0.6) is 0 Å². The van der Waals surface area contributed by atoms with Gasteiger partial charge in [0.25, 0.3) is 0 Å². The van der Waals surface area contributed by atoms with Crippen LogP contribution < -0.4 is 5.32 Å². The highest BCUT2D eigenvalue weighted by Crippen LogP contribution is 2.25. The van der Waals surface area contributed by atoms with Crippen molar-refractivity contribution in [2.75, 3.05) is 20.3 Å². The summed E-state index contributed by atoms with van der Waals surface area (Å²) >= 11 is 0. The van der Waals surface area contributed by atoms with Gasteiger partial charge in [-0.15, -0.1) is 0 Å². The van der Waals surface area contributed by atoms with E-state index in [1.54, 1.807) is 12.0 Å². The van der Waals surface area contributed by atoms with E-state index in [1.807, 2.05) is 30.5 Å². The molecule has 0 saturated carbocycles. The van der Waals surface area contributed by atoms with Crippen LogP contribution in [-0.4, -0.2) is 48.0 Å². The molecule has 1 fully saturated rings. The van der Waals surface area contributed by atoms with E-state index in [9.17, 15) is 9.59 Å². The highest BCUT2D eigenvalue weighted by molar-refractivity contribution is 5.91. The fourth-order valence-corrected chi connectivity index (χ4v) is 3.20. The summed E-state index contributed by atoms with van der Waals surface area (Å²) in [7, 11) is 1.64. The van der Waals surface area contributed by atoms with Crippen LogP contribution in [0, 0.1) is 0 Å². The van der Waals surface area contributed by atoms with E-state index in [0.717, 1.165) is 22.9 Å². The Hall–Kier alpha value is -2.34. The number of likely N-dealkylation sites (tertiary alicyclic amines) is 1.